The van der Waals surface area contributed by atoms with Crippen LogP contribution in [0.4, 0.5) is 5.13 Å². The number of piperazine rings is 1. The van der Waals surface area contributed by atoms with Crippen LogP contribution in [0.1, 0.15) is 39.9 Å². The summed E-state index contributed by atoms with van der Waals surface area (Å²) in [6.45, 7) is 7.68. The number of anilines is 1. The van der Waals surface area contributed by atoms with Crippen molar-refractivity contribution in [3.8, 4) is 0 Å². The number of carbonyl (C=O) groups excluding carboxylic acids is 1. The first kappa shape index (κ1) is 20.5. The third-order valence-electron chi connectivity index (χ3n) is 6.50. The summed E-state index contributed by atoms with van der Waals surface area (Å²) >= 11 is 1.79. The average molecular weight is 435 g/mol. The van der Waals surface area contributed by atoms with Crippen LogP contribution in [0, 0.1) is 6.92 Å². The molecule has 0 bridgehead atoms. The van der Waals surface area contributed by atoms with Crippen molar-refractivity contribution in [2.75, 3.05) is 44.2 Å². The standard InChI is InChI=1S/C25H30N4OS/c1-18-6-9-22-23(16-18)31-25(27-22)29-14-12-28(13-15-29)11-10-26-24(30)21-8-7-19-4-2-3-5-20(19)17-21/h6-9,16-17H,2-5,10-15H2,1H3,(H,26,30). The summed E-state index contributed by atoms with van der Waals surface area (Å²) < 4.78 is 1.27. The van der Waals surface area contributed by atoms with E-state index in [-0.39, 0.29) is 5.91 Å². The number of rotatable bonds is 5. The van der Waals surface area contributed by atoms with Gasteiger partial charge in [-0.2, -0.15) is 0 Å². The molecule has 1 saturated heterocycles. The molecule has 5 nitrogen and oxygen atoms in total. The second-order valence-corrected chi connectivity index (χ2v) is 9.75. The lowest BCUT2D eigenvalue weighted by atomic mass is 9.90. The monoisotopic (exact) mass is 434 g/mol. The molecular weight excluding hydrogens is 404 g/mol. The van der Waals surface area contributed by atoms with Crippen molar-refractivity contribution in [3.05, 3.63) is 58.7 Å². The molecule has 2 heterocycles. The molecule has 1 aromatic heterocycles. The minimum atomic E-state index is 0.0526. The second-order valence-electron chi connectivity index (χ2n) is 8.74. The summed E-state index contributed by atoms with van der Waals surface area (Å²) in [7, 11) is 0. The second kappa shape index (κ2) is 8.97. The average Bonchev–Trinajstić information content (AvgIpc) is 3.22. The van der Waals surface area contributed by atoms with Gasteiger partial charge in [0.15, 0.2) is 5.13 Å². The SMILES string of the molecule is Cc1ccc2nc(N3CCN(CCNC(=O)c4ccc5c(c4)CCCC5)CC3)sc2c1. The van der Waals surface area contributed by atoms with E-state index in [9.17, 15) is 4.79 Å². The quantitative estimate of drug-likeness (QED) is 0.659. The van der Waals surface area contributed by atoms with Gasteiger partial charge >= 0.3 is 0 Å². The topological polar surface area (TPSA) is 48.5 Å². The van der Waals surface area contributed by atoms with Crippen molar-refractivity contribution in [2.24, 2.45) is 0 Å². The lowest BCUT2D eigenvalue weighted by Gasteiger charge is -2.34. The number of carbonyl (C=O) groups is 1. The summed E-state index contributed by atoms with van der Waals surface area (Å²) in [5.41, 5.74) is 5.96. The van der Waals surface area contributed by atoms with Crippen LogP contribution < -0.4 is 10.2 Å². The van der Waals surface area contributed by atoms with E-state index >= 15 is 0 Å². The summed E-state index contributed by atoms with van der Waals surface area (Å²) in [5, 5.41) is 4.24. The molecule has 162 valence electrons. The predicted molar refractivity (Wildman–Crippen MR) is 128 cm³/mol. The largest absolute Gasteiger partial charge is 0.351 e. The number of nitrogens with one attached hydrogen (secondary N) is 1. The minimum Gasteiger partial charge on any atom is -0.351 e. The van der Waals surface area contributed by atoms with Crippen molar-refractivity contribution < 1.29 is 4.79 Å². The van der Waals surface area contributed by atoms with Crippen LogP contribution in [0.15, 0.2) is 36.4 Å². The van der Waals surface area contributed by atoms with E-state index in [0.717, 1.165) is 61.8 Å². The molecule has 0 saturated carbocycles. The van der Waals surface area contributed by atoms with Crippen molar-refractivity contribution >= 4 is 32.6 Å². The fourth-order valence-corrected chi connectivity index (χ4v) is 5.74. The molecule has 5 rings (SSSR count). The van der Waals surface area contributed by atoms with Crippen molar-refractivity contribution in [1.29, 1.82) is 0 Å². The molecule has 1 aliphatic heterocycles. The lowest BCUT2D eigenvalue weighted by molar-refractivity contribution is 0.0947. The van der Waals surface area contributed by atoms with Crippen LogP contribution >= 0.6 is 11.3 Å². The first-order valence-electron chi connectivity index (χ1n) is 11.4. The maximum absolute atomic E-state index is 12.6. The fraction of sp³-hybridized carbons (Fsp3) is 0.440. The van der Waals surface area contributed by atoms with Gasteiger partial charge in [0, 0.05) is 44.8 Å². The van der Waals surface area contributed by atoms with Crippen LogP contribution in [0.25, 0.3) is 10.2 Å². The van der Waals surface area contributed by atoms with Gasteiger partial charge in [0.1, 0.15) is 0 Å². The Kier molecular flexibility index (Phi) is 5.92. The van der Waals surface area contributed by atoms with Gasteiger partial charge in [-0.1, -0.05) is 23.5 Å². The zero-order valence-electron chi connectivity index (χ0n) is 18.2. The van der Waals surface area contributed by atoms with E-state index in [1.165, 1.54) is 34.2 Å². The maximum Gasteiger partial charge on any atom is 0.251 e. The van der Waals surface area contributed by atoms with E-state index in [1.54, 1.807) is 11.3 Å². The smallest absolute Gasteiger partial charge is 0.251 e. The molecule has 1 aliphatic carbocycles. The Morgan fingerprint density at radius 2 is 1.84 bits per heavy atom. The van der Waals surface area contributed by atoms with Crippen LogP contribution in [-0.2, 0) is 12.8 Å². The summed E-state index contributed by atoms with van der Waals surface area (Å²) in [5.74, 6) is 0.0526. The Hall–Kier alpha value is -2.44. The van der Waals surface area contributed by atoms with Gasteiger partial charge in [0.05, 0.1) is 10.2 Å². The van der Waals surface area contributed by atoms with Gasteiger partial charge in [0.2, 0.25) is 0 Å². The molecule has 0 radical (unpaired) electrons. The zero-order chi connectivity index (χ0) is 21.2. The van der Waals surface area contributed by atoms with Crippen LogP contribution in [0.2, 0.25) is 0 Å². The molecular formula is C25H30N4OS. The Balaban J connectivity index is 1.10. The molecule has 2 aromatic carbocycles. The first-order chi connectivity index (χ1) is 15.2. The molecule has 6 heteroatoms. The third kappa shape index (κ3) is 4.60. The number of thiazole rings is 1. The van der Waals surface area contributed by atoms with Gasteiger partial charge in [-0.25, -0.2) is 4.98 Å². The molecule has 1 N–H and O–H groups in total. The number of benzene rings is 2. The highest BCUT2D eigenvalue weighted by Crippen LogP contribution is 2.30. The van der Waals surface area contributed by atoms with Gasteiger partial charge in [-0.15, -0.1) is 0 Å². The molecule has 3 aromatic rings. The van der Waals surface area contributed by atoms with E-state index in [2.05, 4.69) is 52.4 Å². The Morgan fingerprint density at radius 1 is 1.03 bits per heavy atom. The highest BCUT2D eigenvalue weighted by molar-refractivity contribution is 7.22. The van der Waals surface area contributed by atoms with Gasteiger partial charge in [-0.05, 0) is 73.6 Å². The summed E-state index contributed by atoms with van der Waals surface area (Å²) in [6.07, 6.45) is 4.76. The minimum absolute atomic E-state index is 0.0526. The fourth-order valence-electron chi connectivity index (χ4n) is 4.62. The lowest BCUT2D eigenvalue weighted by Crippen LogP contribution is -2.48. The summed E-state index contributed by atoms with van der Waals surface area (Å²) in [4.78, 5) is 22.2. The number of aryl methyl sites for hydroxylation is 3. The van der Waals surface area contributed by atoms with Crippen molar-refractivity contribution in [2.45, 2.75) is 32.6 Å². The van der Waals surface area contributed by atoms with Crippen LogP contribution in [0.3, 0.4) is 0 Å². The number of hydrogen-bond acceptors (Lipinski definition) is 5. The van der Waals surface area contributed by atoms with E-state index in [4.69, 9.17) is 4.98 Å². The molecule has 0 spiro atoms. The van der Waals surface area contributed by atoms with Gasteiger partial charge in [0.25, 0.3) is 5.91 Å². The molecule has 2 aliphatic rings. The highest BCUT2D eigenvalue weighted by Gasteiger charge is 2.20. The predicted octanol–water partition coefficient (Wildman–Crippen LogP) is 4.04. The number of aromatic nitrogens is 1. The van der Waals surface area contributed by atoms with Crippen molar-refractivity contribution in [1.82, 2.24) is 15.2 Å². The van der Waals surface area contributed by atoms with Crippen molar-refractivity contribution in [3.63, 3.8) is 0 Å². The maximum atomic E-state index is 12.6. The Morgan fingerprint density at radius 3 is 2.68 bits per heavy atom. The molecule has 31 heavy (non-hydrogen) atoms. The molecule has 1 amide bonds. The van der Waals surface area contributed by atoms with E-state index in [1.807, 2.05) is 6.07 Å². The first-order valence-corrected chi connectivity index (χ1v) is 12.2. The molecule has 0 atom stereocenters. The zero-order valence-corrected chi connectivity index (χ0v) is 19.0. The normalized spacial score (nSPS) is 17.0. The highest BCUT2D eigenvalue weighted by atomic mass is 32.1. The molecule has 1 fully saturated rings. The number of fused-ring (bicyclic) bond motifs is 2. The number of nitrogens with zero attached hydrogens (tertiary/aromatic N) is 3. The Bertz CT molecular complexity index is 1080. The van der Waals surface area contributed by atoms with Gasteiger partial charge < -0.3 is 10.2 Å². The number of amides is 1. The third-order valence-corrected chi connectivity index (χ3v) is 7.58. The van der Waals surface area contributed by atoms with E-state index < -0.39 is 0 Å². The van der Waals surface area contributed by atoms with Crippen LogP contribution in [-0.4, -0.2) is 55.1 Å². The summed E-state index contributed by atoms with van der Waals surface area (Å²) in [6, 6.07) is 12.7. The van der Waals surface area contributed by atoms with Gasteiger partial charge in [-0.3, -0.25) is 9.69 Å². The van der Waals surface area contributed by atoms with E-state index in [0.29, 0.717) is 6.54 Å². The Labute approximate surface area is 188 Å². The molecule has 0 unspecified atom stereocenters. The number of hydrogen-bond donors (Lipinski definition) is 1. The van der Waals surface area contributed by atoms with Crippen LogP contribution in [0.5, 0.6) is 0 Å².